The number of carbonyl (C=O) groups is 1. The second-order valence-electron chi connectivity index (χ2n) is 4.76. The van der Waals surface area contributed by atoms with Crippen LogP contribution in [-0.4, -0.2) is 23.4 Å². The molecule has 0 bridgehead atoms. The highest BCUT2D eigenvalue weighted by atomic mass is 35.5. The lowest BCUT2D eigenvalue weighted by atomic mass is 10.1. The summed E-state index contributed by atoms with van der Waals surface area (Å²) in [6.07, 6.45) is 0. The molecule has 5 nitrogen and oxygen atoms in total. The number of hydrogen-bond acceptors (Lipinski definition) is 4. The van der Waals surface area contributed by atoms with Crippen LogP contribution in [0.5, 0.6) is 5.75 Å². The van der Waals surface area contributed by atoms with Crippen molar-refractivity contribution in [3.8, 4) is 5.75 Å². The van der Waals surface area contributed by atoms with E-state index in [1.54, 1.807) is 0 Å². The average molecular weight is 349 g/mol. The van der Waals surface area contributed by atoms with Crippen molar-refractivity contribution in [3.63, 3.8) is 0 Å². The van der Waals surface area contributed by atoms with Gasteiger partial charge >= 0.3 is 0 Å². The number of rotatable bonds is 5. The lowest BCUT2D eigenvalue weighted by molar-refractivity contribution is 0.0951. The molecule has 23 heavy (non-hydrogen) atoms. The van der Waals surface area contributed by atoms with Crippen LogP contribution in [0.3, 0.4) is 0 Å². The summed E-state index contributed by atoms with van der Waals surface area (Å²) in [6.45, 7) is 0.626. The Bertz CT molecular complexity index is 898. The first-order valence-electron chi connectivity index (χ1n) is 6.92. The van der Waals surface area contributed by atoms with Gasteiger partial charge in [0.1, 0.15) is 22.3 Å². The quantitative estimate of drug-likeness (QED) is 0.696. The minimum absolute atomic E-state index is 0.0810. The largest absolute Gasteiger partial charge is 0.491 e. The number of amides is 1. The van der Waals surface area contributed by atoms with E-state index < -0.39 is 5.56 Å². The van der Waals surface area contributed by atoms with Gasteiger partial charge in [0.05, 0.1) is 6.54 Å². The molecule has 0 unspecified atom stereocenters. The highest BCUT2D eigenvalue weighted by Crippen LogP contribution is 2.24. The van der Waals surface area contributed by atoms with Crippen LogP contribution in [0.25, 0.3) is 10.8 Å². The zero-order valence-corrected chi connectivity index (χ0v) is 13.5. The van der Waals surface area contributed by atoms with E-state index in [0.29, 0.717) is 13.2 Å². The normalized spacial score (nSPS) is 10.7. The van der Waals surface area contributed by atoms with Crippen LogP contribution in [-0.2, 0) is 0 Å². The van der Waals surface area contributed by atoms with Crippen molar-refractivity contribution in [1.29, 1.82) is 0 Å². The van der Waals surface area contributed by atoms with E-state index in [0.717, 1.165) is 28.1 Å². The summed E-state index contributed by atoms with van der Waals surface area (Å²) in [5.74, 6) is 0.376. The maximum Gasteiger partial charge on any atom is 0.277 e. The number of aromatic amines is 1. The molecule has 0 aliphatic heterocycles. The van der Waals surface area contributed by atoms with Crippen LogP contribution in [0, 0.1) is 0 Å². The lowest BCUT2D eigenvalue weighted by Gasteiger charge is -2.09. The highest BCUT2D eigenvalue weighted by molar-refractivity contribution is 7.08. The molecule has 0 aliphatic carbocycles. The smallest absolute Gasteiger partial charge is 0.277 e. The minimum atomic E-state index is -0.450. The van der Waals surface area contributed by atoms with Crippen LogP contribution in [0.1, 0.15) is 9.67 Å². The Morgan fingerprint density at radius 3 is 2.78 bits per heavy atom. The van der Waals surface area contributed by atoms with Gasteiger partial charge in [0.15, 0.2) is 0 Å². The summed E-state index contributed by atoms with van der Waals surface area (Å²) in [6, 6.07) is 13.7. The molecule has 7 heteroatoms. The Labute approximate surface area is 141 Å². The van der Waals surface area contributed by atoms with E-state index in [4.69, 9.17) is 16.3 Å². The first-order chi connectivity index (χ1) is 11.2. The summed E-state index contributed by atoms with van der Waals surface area (Å²) < 4.78 is 8.14. The standard InChI is InChI=1S/C16H13ClN2O3S/c17-13-14(23-19-15(13)20)16(21)18-8-9-22-12-7-3-5-10-4-1-2-6-11(10)12/h1-7H,8-9H2,(H,18,21)(H,19,20). The van der Waals surface area contributed by atoms with Crippen LogP contribution in [0.4, 0.5) is 0 Å². The van der Waals surface area contributed by atoms with Gasteiger partial charge in [0, 0.05) is 5.39 Å². The number of benzene rings is 2. The molecular weight excluding hydrogens is 336 g/mol. The first-order valence-corrected chi connectivity index (χ1v) is 8.12. The van der Waals surface area contributed by atoms with Crippen LogP contribution in [0.15, 0.2) is 47.3 Å². The van der Waals surface area contributed by atoms with Gasteiger partial charge in [-0.25, -0.2) is 0 Å². The Balaban J connectivity index is 1.58. The number of halogens is 1. The summed E-state index contributed by atoms with van der Waals surface area (Å²) in [5.41, 5.74) is -0.450. The minimum Gasteiger partial charge on any atom is -0.491 e. The van der Waals surface area contributed by atoms with Crippen molar-refractivity contribution >= 4 is 39.8 Å². The molecule has 0 spiro atoms. The summed E-state index contributed by atoms with van der Waals surface area (Å²) in [7, 11) is 0. The molecule has 2 N–H and O–H groups in total. The Kier molecular flexibility index (Phi) is 4.64. The number of H-pyrrole nitrogens is 1. The zero-order valence-electron chi connectivity index (χ0n) is 12.0. The van der Waals surface area contributed by atoms with Gasteiger partial charge < -0.3 is 10.1 Å². The topological polar surface area (TPSA) is 71.2 Å². The fourth-order valence-corrected chi connectivity index (χ4v) is 3.11. The van der Waals surface area contributed by atoms with Gasteiger partial charge in [-0.2, -0.15) is 0 Å². The molecule has 0 radical (unpaired) electrons. The Morgan fingerprint density at radius 2 is 2.00 bits per heavy atom. The van der Waals surface area contributed by atoms with Crippen LogP contribution in [0.2, 0.25) is 5.02 Å². The number of hydrogen-bond donors (Lipinski definition) is 2. The van der Waals surface area contributed by atoms with E-state index in [2.05, 4.69) is 9.69 Å². The molecule has 1 heterocycles. The van der Waals surface area contributed by atoms with Crippen molar-refractivity contribution < 1.29 is 9.53 Å². The predicted octanol–water partition coefficient (Wildman–Crippen LogP) is 3.05. The Hall–Kier alpha value is -2.31. The molecule has 1 amide bonds. The lowest BCUT2D eigenvalue weighted by Crippen LogP contribution is -2.27. The number of ether oxygens (including phenoxy) is 1. The van der Waals surface area contributed by atoms with Crippen molar-refractivity contribution in [2.45, 2.75) is 0 Å². The molecule has 0 saturated carbocycles. The maximum absolute atomic E-state index is 11.9. The monoisotopic (exact) mass is 348 g/mol. The molecule has 1 aromatic heterocycles. The number of fused-ring (bicyclic) bond motifs is 1. The van der Waals surface area contributed by atoms with Crippen molar-refractivity contribution in [3.05, 3.63) is 62.7 Å². The van der Waals surface area contributed by atoms with Gasteiger partial charge in [-0.3, -0.25) is 14.0 Å². The van der Waals surface area contributed by atoms with E-state index in [1.807, 2.05) is 42.5 Å². The number of carbonyl (C=O) groups excluding carboxylic acids is 1. The van der Waals surface area contributed by atoms with E-state index in [9.17, 15) is 9.59 Å². The molecule has 0 saturated heterocycles. The zero-order chi connectivity index (χ0) is 16.2. The summed E-state index contributed by atoms with van der Waals surface area (Å²) in [5, 5.41) is 4.71. The highest BCUT2D eigenvalue weighted by Gasteiger charge is 2.15. The fourth-order valence-electron chi connectivity index (χ4n) is 2.16. The van der Waals surface area contributed by atoms with E-state index in [1.165, 1.54) is 0 Å². The number of nitrogens with one attached hydrogen (secondary N) is 2. The first kappa shape index (κ1) is 15.6. The van der Waals surface area contributed by atoms with Gasteiger partial charge in [0.25, 0.3) is 11.5 Å². The second kappa shape index (κ2) is 6.85. The van der Waals surface area contributed by atoms with Gasteiger partial charge in [0.2, 0.25) is 0 Å². The molecule has 0 fully saturated rings. The molecular formula is C16H13ClN2O3S. The van der Waals surface area contributed by atoms with Gasteiger partial charge in [-0.1, -0.05) is 59.5 Å². The third kappa shape index (κ3) is 3.38. The van der Waals surface area contributed by atoms with Gasteiger partial charge in [-0.15, -0.1) is 0 Å². The van der Waals surface area contributed by atoms with Crippen molar-refractivity contribution in [1.82, 2.24) is 9.69 Å². The average Bonchev–Trinajstić information content (AvgIpc) is 2.91. The Morgan fingerprint density at radius 1 is 1.22 bits per heavy atom. The van der Waals surface area contributed by atoms with Crippen LogP contribution >= 0.6 is 23.1 Å². The summed E-state index contributed by atoms with van der Waals surface area (Å²) in [4.78, 5) is 23.3. The molecule has 0 aliphatic rings. The van der Waals surface area contributed by atoms with E-state index >= 15 is 0 Å². The molecule has 3 aromatic rings. The van der Waals surface area contributed by atoms with E-state index in [-0.39, 0.29) is 15.8 Å². The fraction of sp³-hybridized carbons (Fsp3) is 0.125. The third-order valence-electron chi connectivity index (χ3n) is 3.25. The number of aromatic nitrogens is 1. The van der Waals surface area contributed by atoms with Crippen LogP contribution < -0.4 is 15.6 Å². The second-order valence-corrected chi connectivity index (χ2v) is 5.95. The van der Waals surface area contributed by atoms with Gasteiger partial charge in [-0.05, 0) is 11.5 Å². The third-order valence-corrected chi connectivity index (χ3v) is 4.60. The molecule has 3 rings (SSSR count). The summed E-state index contributed by atoms with van der Waals surface area (Å²) >= 11 is 6.67. The molecule has 0 atom stereocenters. The maximum atomic E-state index is 11.9. The SMILES string of the molecule is O=C(NCCOc1cccc2ccccc12)c1s[nH]c(=O)c1Cl. The predicted molar refractivity (Wildman–Crippen MR) is 91.7 cm³/mol. The molecule has 118 valence electrons. The van der Waals surface area contributed by atoms with Crippen molar-refractivity contribution in [2.24, 2.45) is 0 Å². The molecule has 2 aromatic carbocycles. The van der Waals surface area contributed by atoms with Crippen molar-refractivity contribution in [2.75, 3.05) is 13.2 Å².